The minimum absolute atomic E-state index is 0.00530. The van der Waals surface area contributed by atoms with Crippen molar-refractivity contribution in [1.29, 1.82) is 0 Å². The third kappa shape index (κ3) is 6.08. The van der Waals surface area contributed by atoms with Gasteiger partial charge >= 0.3 is 0 Å². The fourth-order valence-electron chi connectivity index (χ4n) is 4.99. The van der Waals surface area contributed by atoms with E-state index in [0.29, 0.717) is 30.2 Å². The first-order chi connectivity index (χ1) is 16.8. The lowest BCUT2D eigenvalue weighted by molar-refractivity contribution is 0.0652. The molecule has 2 aromatic rings. The van der Waals surface area contributed by atoms with E-state index in [1.165, 1.54) is 16.7 Å². The topological polar surface area (TPSA) is 60.5 Å². The average molecular weight is 485 g/mol. The molecule has 0 N–H and O–H groups in total. The summed E-state index contributed by atoms with van der Waals surface area (Å²) in [7, 11) is 6.59. The van der Waals surface area contributed by atoms with Gasteiger partial charge in [0, 0.05) is 57.1 Å². The van der Waals surface area contributed by atoms with Crippen LogP contribution in [0.2, 0.25) is 0 Å². The molecule has 0 spiro atoms. The summed E-state index contributed by atoms with van der Waals surface area (Å²) >= 11 is 0. The van der Waals surface area contributed by atoms with Crippen LogP contribution in [0.3, 0.4) is 0 Å². The predicted molar refractivity (Wildman–Crippen MR) is 138 cm³/mol. The van der Waals surface area contributed by atoms with Gasteiger partial charge in [-0.1, -0.05) is 6.07 Å². The van der Waals surface area contributed by atoms with E-state index in [-0.39, 0.29) is 18.0 Å². The molecule has 1 saturated heterocycles. The van der Waals surface area contributed by atoms with Crippen LogP contribution in [-0.4, -0.2) is 76.4 Å². The third-order valence-corrected chi connectivity index (χ3v) is 7.24. The molecule has 2 unspecified atom stereocenters. The molecule has 1 aliphatic rings. The van der Waals surface area contributed by atoms with E-state index in [1.807, 2.05) is 4.90 Å². The molecule has 1 fully saturated rings. The highest BCUT2D eigenvalue weighted by Gasteiger charge is 2.34. The van der Waals surface area contributed by atoms with Gasteiger partial charge < -0.3 is 23.8 Å². The maximum Gasteiger partial charge on any atom is 0.254 e. The van der Waals surface area contributed by atoms with Crippen molar-refractivity contribution in [3.8, 4) is 17.2 Å². The van der Waals surface area contributed by atoms with Crippen LogP contribution in [0, 0.1) is 13.8 Å². The number of carbonyl (C=O) groups is 1. The number of amides is 1. The zero-order valence-electron chi connectivity index (χ0n) is 22.2. The minimum Gasteiger partial charge on any atom is -0.497 e. The van der Waals surface area contributed by atoms with Crippen LogP contribution < -0.4 is 14.2 Å². The molecule has 2 aromatic carbocycles. The number of benzene rings is 2. The van der Waals surface area contributed by atoms with Gasteiger partial charge in [-0.3, -0.25) is 9.69 Å². The first-order valence-electron chi connectivity index (χ1n) is 12.3. The number of nitrogens with zero attached hydrogens (tertiary/aromatic N) is 2. The Morgan fingerprint density at radius 3 is 2.31 bits per heavy atom. The van der Waals surface area contributed by atoms with Gasteiger partial charge in [-0.05, 0) is 68.5 Å². The number of carbonyl (C=O) groups excluding carboxylic acids is 1. The van der Waals surface area contributed by atoms with Gasteiger partial charge in [-0.25, -0.2) is 0 Å². The SMILES string of the molecule is COCCCN(C(=O)c1cc(OC)cc(OC)c1)C1CCN(C(C)c2ccc(OC)c(C)c2C)C1. The highest BCUT2D eigenvalue weighted by molar-refractivity contribution is 5.95. The number of likely N-dealkylation sites (tertiary alicyclic amines) is 1. The first kappa shape index (κ1) is 26.8. The molecule has 7 nitrogen and oxygen atoms in total. The van der Waals surface area contributed by atoms with E-state index in [0.717, 1.165) is 31.7 Å². The largest absolute Gasteiger partial charge is 0.497 e. The molecule has 2 atom stereocenters. The fraction of sp³-hybridized carbons (Fsp3) is 0.536. The molecular weight excluding hydrogens is 444 g/mol. The molecule has 0 aromatic heterocycles. The second-order valence-electron chi connectivity index (χ2n) is 9.17. The zero-order chi connectivity index (χ0) is 25.5. The summed E-state index contributed by atoms with van der Waals surface area (Å²) in [5.74, 6) is 2.13. The molecule has 0 bridgehead atoms. The molecular formula is C28H40N2O5. The summed E-state index contributed by atoms with van der Waals surface area (Å²) < 4.78 is 21.6. The fourth-order valence-corrected chi connectivity index (χ4v) is 4.99. The van der Waals surface area contributed by atoms with Gasteiger partial charge in [-0.15, -0.1) is 0 Å². The van der Waals surface area contributed by atoms with Gasteiger partial charge in [0.2, 0.25) is 0 Å². The van der Waals surface area contributed by atoms with Crippen LogP contribution in [0.1, 0.15) is 52.9 Å². The maximum atomic E-state index is 13.7. The summed E-state index contributed by atoms with van der Waals surface area (Å²) in [5.41, 5.74) is 4.32. The van der Waals surface area contributed by atoms with E-state index in [1.54, 1.807) is 46.6 Å². The third-order valence-electron chi connectivity index (χ3n) is 7.24. The first-order valence-corrected chi connectivity index (χ1v) is 12.3. The lowest BCUT2D eigenvalue weighted by Crippen LogP contribution is -2.43. The zero-order valence-corrected chi connectivity index (χ0v) is 22.2. The molecule has 0 radical (unpaired) electrons. The second kappa shape index (κ2) is 12.3. The number of ether oxygens (including phenoxy) is 4. The van der Waals surface area contributed by atoms with E-state index in [9.17, 15) is 4.79 Å². The Morgan fingerprint density at radius 2 is 1.71 bits per heavy atom. The van der Waals surface area contributed by atoms with Crippen molar-refractivity contribution in [3.05, 3.63) is 52.6 Å². The minimum atomic E-state index is -0.00530. The highest BCUT2D eigenvalue weighted by Crippen LogP contribution is 2.33. The van der Waals surface area contributed by atoms with Crippen molar-refractivity contribution in [3.63, 3.8) is 0 Å². The van der Waals surface area contributed by atoms with Gasteiger partial charge in [0.05, 0.1) is 21.3 Å². The van der Waals surface area contributed by atoms with E-state index >= 15 is 0 Å². The highest BCUT2D eigenvalue weighted by atomic mass is 16.5. The second-order valence-corrected chi connectivity index (χ2v) is 9.17. The van der Waals surface area contributed by atoms with E-state index < -0.39 is 0 Å². The molecule has 3 rings (SSSR count). The number of methoxy groups -OCH3 is 4. The van der Waals surface area contributed by atoms with E-state index in [2.05, 4.69) is 37.8 Å². The van der Waals surface area contributed by atoms with Gasteiger partial charge in [0.25, 0.3) is 5.91 Å². The summed E-state index contributed by atoms with van der Waals surface area (Å²) in [6.45, 7) is 9.53. The lowest BCUT2D eigenvalue weighted by atomic mass is 9.97. The van der Waals surface area contributed by atoms with Crippen molar-refractivity contribution < 1.29 is 23.7 Å². The quantitative estimate of drug-likeness (QED) is 0.433. The molecule has 1 amide bonds. The Balaban J connectivity index is 1.82. The smallest absolute Gasteiger partial charge is 0.254 e. The maximum absolute atomic E-state index is 13.7. The van der Waals surface area contributed by atoms with Crippen LogP contribution in [0.25, 0.3) is 0 Å². The van der Waals surface area contributed by atoms with Crippen molar-refractivity contribution >= 4 is 5.91 Å². The van der Waals surface area contributed by atoms with Crippen molar-refractivity contribution in [2.45, 2.75) is 45.7 Å². The van der Waals surface area contributed by atoms with Gasteiger partial charge in [-0.2, -0.15) is 0 Å². The monoisotopic (exact) mass is 484 g/mol. The number of hydrogen-bond acceptors (Lipinski definition) is 6. The van der Waals surface area contributed by atoms with Gasteiger partial charge in [0.15, 0.2) is 0 Å². The molecule has 0 saturated carbocycles. The molecule has 7 heteroatoms. The molecule has 1 heterocycles. The normalized spacial score (nSPS) is 16.7. The Kier molecular flexibility index (Phi) is 9.40. The standard InChI is InChI=1S/C28H40N2O5/c1-19-20(2)27(35-7)10-9-26(19)21(3)29-13-11-23(18-29)30(12-8-14-32-4)28(31)22-15-24(33-5)17-25(16-22)34-6/h9-10,15-17,21,23H,8,11-14,18H2,1-7H3. The Labute approximate surface area is 209 Å². The average Bonchev–Trinajstić information content (AvgIpc) is 3.37. The summed E-state index contributed by atoms with van der Waals surface area (Å²) in [6, 6.07) is 9.95. The predicted octanol–water partition coefficient (Wildman–Crippen LogP) is 4.64. The summed E-state index contributed by atoms with van der Waals surface area (Å²) in [6.07, 6.45) is 1.71. The van der Waals surface area contributed by atoms with Crippen LogP contribution in [0.4, 0.5) is 0 Å². The Morgan fingerprint density at radius 1 is 1.03 bits per heavy atom. The Hall–Kier alpha value is -2.77. The molecule has 0 aliphatic carbocycles. The summed E-state index contributed by atoms with van der Waals surface area (Å²) in [4.78, 5) is 18.2. The Bertz CT molecular complexity index is 987. The van der Waals surface area contributed by atoms with Gasteiger partial charge in [0.1, 0.15) is 17.2 Å². The lowest BCUT2D eigenvalue weighted by Gasteiger charge is -2.31. The van der Waals surface area contributed by atoms with Crippen LogP contribution in [-0.2, 0) is 4.74 Å². The van der Waals surface area contributed by atoms with E-state index in [4.69, 9.17) is 18.9 Å². The number of rotatable bonds is 11. The van der Waals surface area contributed by atoms with Crippen LogP contribution >= 0.6 is 0 Å². The van der Waals surface area contributed by atoms with Crippen LogP contribution in [0.5, 0.6) is 17.2 Å². The molecule has 35 heavy (non-hydrogen) atoms. The number of hydrogen-bond donors (Lipinski definition) is 0. The van der Waals surface area contributed by atoms with Crippen LogP contribution in [0.15, 0.2) is 30.3 Å². The summed E-state index contributed by atoms with van der Waals surface area (Å²) in [5, 5.41) is 0. The molecule has 192 valence electrons. The van der Waals surface area contributed by atoms with Crippen molar-refractivity contribution in [2.75, 3.05) is 54.7 Å². The van der Waals surface area contributed by atoms with Crippen molar-refractivity contribution in [2.24, 2.45) is 0 Å². The molecule has 1 aliphatic heterocycles. The van der Waals surface area contributed by atoms with Crippen molar-refractivity contribution in [1.82, 2.24) is 9.80 Å².